The Balaban J connectivity index is 2.38. The van der Waals surface area contributed by atoms with Crippen LogP contribution in [0.4, 0.5) is 8.78 Å². The first-order valence-corrected chi connectivity index (χ1v) is 6.50. The van der Waals surface area contributed by atoms with E-state index in [0.717, 1.165) is 6.42 Å². The van der Waals surface area contributed by atoms with Gasteiger partial charge in [0.2, 0.25) is 5.91 Å². The lowest BCUT2D eigenvalue weighted by Gasteiger charge is -2.27. The number of hydrogen-bond acceptors (Lipinski definition) is 2. The second kappa shape index (κ2) is 5.51. The Kier molecular flexibility index (Phi) is 4.70. The third-order valence-corrected chi connectivity index (χ3v) is 3.13. The van der Waals surface area contributed by atoms with Gasteiger partial charge < -0.3 is 5.32 Å². The number of rotatable bonds is 5. The Morgan fingerprint density at radius 2 is 2.11 bits per heavy atom. The Bertz CT molecular complexity index is 303. The minimum Gasteiger partial charge on any atom is -0.354 e. The molecule has 0 aromatic heterocycles. The normalized spacial score (nSPS) is 23.4. The minimum atomic E-state index is -2.75. The van der Waals surface area contributed by atoms with Gasteiger partial charge in [0.25, 0.3) is 5.92 Å². The minimum absolute atomic E-state index is 0.00898. The predicted octanol–water partition coefficient (Wildman–Crippen LogP) is 2.17. The first kappa shape index (κ1) is 15.3. The summed E-state index contributed by atoms with van der Waals surface area (Å²) in [5.41, 5.74) is -0.00898. The van der Waals surface area contributed by atoms with E-state index in [-0.39, 0.29) is 11.3 Å². The molecule has 1 heterocycles. The summed E-state index contributed by atoms with van der Waals surface area (Å²) in [6.07, 6.45) is 0.588. The third kappa shape index (κ3) is 4.88. The van der Waals surface area contributed by atoms with Gasteiger partial charge in [-0.05, 0) is 17.8 Å². The van der Waals surface area contributed by atoms with Crippen molar-refractivity contribution in [1.82, 2.24) is 10.6 Å². The Morgan fingerprint density at radius 1 is 1.50 bits per heavy atom. The van der Waals surface area contributed by atoms with Crippen molar-refractivity contribution in [1.29, 1.82) is 0 Å². The van der Waals surface area contributed by atoms with E-state index in [4.69, 9.17) is 0 Å². The summed E-state index contributed by atoms with van der Waals surface area (Å²) < 4.78 is 25.9. The molecule has 18 heavy (non-hydrogen) atoms. The van der Waals surface area contributed by atoms with Gasteiger partial charge in [-0.25, -0.2) is 8.78 Å². The van der Waals surface area contributed by atoms with Gasteiger partial charge in [-0.3, -0.25) is 10.1 Å². The van der Waals surface area contributed by atoms with E-state index in [9.17, 15) is 13.6 Å². The molecule has 1 fully saturated rings. The van der Waals surface area contributed by atoms with Crippen molar-refractivity contribution >= 4 is 5.91 Å². The zero-order valence-corrected chi connectivity index (χ0v) is 11.6. The van der Waals surface area contributed by atoms with Gasteiger partial charge in [-0.2, -0.15) is 0 Å². The quantitative estimate of drug-likeness (QED) is 0.797. The molecule has 5 heteroatoms. The fourth-order valence-electron chi connectivity index (χ4n) is 2.53. The topological polar surface area (TPSA) is 41.1 Å². The summed E-state index contributed by atoms with van der Waals surface area (Å²) in [6, 6.07) is -0.755. The molecule has 1 aliphatic rings. The summed E-state index contributed by atoms with van der Waals surface area (Å²) in [5, 5.41) is 5.33. The van der Waals surface area contributed by atoms with Gasteiger partial charge in [-0.15, -0.1) is 0 Å². The van der Waals surface area contributed by atoms with Crippen LogP contribution < -0.4 is 10.6 Å². The Labute approximate surface area is 108 Å². The van der Waals surface area contributed by atoms with Gasteiger partial charge in [0, 0.05) is 13.0 Å². The van der Waals surface area contributed by atoms with Crippen molar-refractivity contribution in [2.45, 2.75) is 52.5 Å². The number of amides is 1. The van der Waals surface area contributed by atoms with Crippen LogP contribution in [0.15, 0.2) is 0 Å². The lowest BCUT2D eigenvalue weighted by molar-refractivity contribution is -0.123. The maximum Gasteiger partial charge on any atom is 0.262 e. The second-order valence-electron chi connectivity index (χ2n) is 6.47. The lowest BCUT2D eigenvalue weighted by atomic mass is 9.84. The van der Waals surface area contributed by atoms with Crippen LogP contribution in [0.5, 0.6) is 0 Å². The van der Waals surface area contributed by atoms with Crippen molar-refractivity contribution in [3.8, 4) is 0 Å². The zero-order valence-electron chi connectivity index (χ0n) is 11.6. The van der Waals surface area contributed by atoms with Gasteiger partial charge in [0.05, 0.1) is 12.6 Å². The van der Waals surface area contributed by atoms with Crippen LogP contribution in [0.2, 0.25) is 0 Å². The van der Waals surface area contributed by atoms with E-state index in [2.05, 4.69) is 38.3 Å². The highest BCUT2D eigenvalue weighted by Gasteiger charge is 2.42. The molecular weight excluding hydrogens is 238 g/mol. The molecular formula is C13H24F2N2O. The number of halogens is 2. The first-order valence-electron chi connectivity index (χ1n) is 6.50. The highest BCUT2D eigenvalue weighted by Crippen LogP contribution is 2.26. The van der Waals surface area contributed by atoms with Crippen LogP contribution in [0, 0.1) is 11.3 Å². The number of alkyl halides is 2. The number of nitrogens with one attached hydrogen (secondary N) is 2. The number of carbonyl (C=O) groups excluding carboxylic acids is 1. The lowest BCUT2D eigenvalue weighted by Crippen LogP contribution is -2.44. The van der Waals surface area contributed by atoms with E-state index in [1.54, 1.807) is 0 Å². The Morgan fingerprint density at radius 3 is 2.56 bits per heavy atom. The van der Waals surface area contributed by atoms with Crippen LogP contribution in [0.3, 0.4) is 0 Å². The fourth-order valence-corrected chi connectivity index (χ4v) is 2.53. The maximum absolute atomic E-state index is 13.0. The van der Waals surface area contributed by atoms with Crippen LogP contribution >= 0.6 is 0 Å². The van der Waals surface area contributed by atoms with E-state index in [1.165, 1.54) is 0 Å². The van der Waals surface area contributed by atoms with E-state index < -0.39 is 24.9 Å². The average Bonchev–Trinajstić information content (AvgIpc) is 2.53. The van der Waals surface area contributed by atoms with Crippen molar-refractivity contribution in [3.63, 3.8) is 0 Å². The average molecular weight is 262 g/mol. The molecule has 0 radical (unpaired) electrons. The zero-order chi connectivity index (χ0) is 14.0. The van der Waals surface area contributed by atoms with E-state index in [1.807, 2.05) is 0 Å². The van der Waals surface area contributed by atoms with Crippen molar-refractivity contribution in [2.24, 2.45) is 11.3 Å². The van der Waals surface area contributed by atoms with Gasteiger partial charge in [-0.1, -0.05) is 27.7 Å². The van der Waals surface area contributed by atoms with Crippen LogP contribution in [0.25, 0.3) is 0 Å². The monoisotopic (exact) mass is 262 g/mol. The van der Waals surface area contributed by atoms with Gasteiger partial charge in [0.15, 0.2) is 0 Å². The molecule has 0 saturated carbocycles. The molecule has 0 aromatic rings. The highest BCUT2D eigenvalue weighted by molar-refractivity contribution is 5.82. The van der Waals surface area contributed by atoms with Crippen LogP contribution in [-0.2, 0) is 4.79 Å². The molecule has 1 rings (SSSR count). The number of carbonyl (C=O) groups is 1. The van der Waals surface area contributed by atoms with Gasteiger partial charge >= 0.3 is 0 Å². The molecule has 1 saturated heterocycles. The molecule has 0 aliphatic carbocycles. The molecule has 1 unspecified atom stereocenters. The smallest absolute Gasteiger partial charge is 0.262 e. The van der Waals surface area contributed by atoms with Crippen molar-refractivity contribution in [2.75, 3.05) is 13.1 Å². The molecule has 1 aliphatic heterocycles. The van der Waals surface area contributed by atoms with E-state index >= 15 is 0 Å². The summed E-state index contributed by atoms with van der Waals surface area (Å²) >= 11 is 0. The molecule has 0 bridgehead atoms. The fraction of sp³-hybridized carbons (Fsp3) is 0.923. The predicted molar refractivity (Wildman–Crippen MR) is 67.6 cm³/mol. The molecule has 106 valence electrons. The third-order valence-electron chi connectivity index (χ3n) is 3.13. The largest absolute Gasteiger partial charge is 0.354 e. The number of hydrogen-bond donors (Lipinski definition) is 2. The molecule has 2 N–H and O–H groups in total. The second-order valence-corrected chi connectivity index (χ2v) is 6.47. The SMILES string of the molecule is CC(C)CC(C)(C)CNC(=O)C1CC(F)(F)CN1. The summed E-state index contributed by atoms with van der Waals surface area (Å²) in [5.74, 6) is -2.52. The molecule has 0 aromatic carbocycles. The molecule has 0 spiro atoms. The first-order chi connectivity index (χ1) is 8.11. The maximum atomic E-state index is 13.0. The standard InChI is InChI=1S/C13H24F2N2O/c1-9(2)5-12(3,4)7-17-11(18)10-6-13(14,15)8-16-10/h9-10,16H,5-8H2,1-4H3,(H,17,18). The summed E-state index contributed by atoms with van der Waals surface area (Å²) in [7, 11) is 0. The van der Waals surface area contributed by atoms with E-state index in [0.29, 0.717) is 12.5 Å². The highest BCUT2D eigenvalue weighted by atomic mass is 19.3. The van der Waals surface area contributed by atoms with Crippen LogP contribution in [-0.4, -0.2) is 31.0 Å². The Hall–Kier alpha value is -0.710. The van der Waals surface area contributed by atoms with Crippen LogP contribution in [0.1, 0.15) is 40.5 Å². The van der Waals surface area contributed by atoms with Crippen molar-refractivity contribution < 1.29 is 13.6 Å². The summed E-state index contributed by atoms with van der Waals surface area (Å²) in [4.78, 5) is 11.8. The van der Waals surface area contributed by atoms with Gasteiger partial charge in [0.1, 0.15) is 0 Å². The van der Waals surface area contributed by atoms with Crippen molar-refractivity contribution in [3.05, 3.63) is 0 Å². The summed E-state index contributed by atoms with van der Waals surface area (Å²) in [6.45, 7) is 8.52. The molecule has 1 amide bonds. The molecule has 1 atom stereocenters. The molecule has 3 nitrogen and oxygen atoms in total.